The van der Waals surface area contributed by atoms with Crippen molar-refractivity contribution in [1.29, 1.82) is 0 Å². The molecule has 2 atom stereocenters. The van der Waals surface area contributed by atoms with E-state index in [0.29, 0.717) is 18.3 Å². The first-order chi connectivity index (χ1) is 20.5. The topological polar surface area (TPSA) is 26.0 Å². The highest BCUT2D eigenvalue weighted by atomic mass is 14.7. The van der Waals surface area contributed by atoms with Gasteiger partial charge in [0, 0.05) is 6.42 Å². The maximum atomic E-state index is 6.70. The van der Waals surface area contributed by atoms with Crippen LogP contribution in [-0.4, -0.2) is 13.3 Å². The zero-order chi connectivity index (χ0) is 30.3. The molecule has 2 rings (SSSR count). The third kappa shape index (κ3) is 15.1. The molecule has 222 valence electrons. The Hall–Kier alpha value is -3.28. The summed E-state index contributed by atoms with van der Waals surface area (Å²) in [5.74, 6) is 3.74. The molecule has 2 unspecified atom stereocenters. The van der Waals surface area contributed by atoms with Crippen molar-refractivity contribution in [2.24, 2.45) is 17.6 Å². The van der Waals surface area contributed by atoms with E-state index < -0.39 is 0 Å². The van der Waals surface area contributed by atoms with Gasteiger partial charge in [0.15, 0.2) is 0 Å². The molecule has 0 aromatic heterocycles. The molecule has 1 nitrogen and oxygen atoms in total. The molecular formula is C40H54BN. The summed E-state index contributed by atoms with van der Waals surface area (Å²) in [6, 6.07) is 8.43. The molecule has 2 N–H and O–H groups in total. The van der Waals surface area contributed by atoms with Gasteiger partial charge in [0.2, 0.25) is 0 Å². The number of unbranched alkanes of at least 4 members (excludes halogenated alkanes) is 5. The lowest BCUT2D eigenvalue weighted by Gasteiger charge is -2.27. The first-order valence-corrected chi connectivity index (χ1v) is 16.1. The Morgan fingerprint density at radius 3 is 2.50 bits per heavy atom. The van der Waals surface area contributed by atoms with Gasteiger partial charge in [0.25, 0.3) is 0 Å². The highest BCUT2D eigenvalue weighted by Gasteiger charge is 2.21. The number of hydrogen-bond acceptors (Lipinski definition) is 1. The maximum absolute atomic E-state index is 6.70. The first kappa shape index (κ1) is 34.9. The normalized spacial score (nSPS) is 19.6. The van der Waals surface area contributed by atoms with Crippen molar-refractivity contribution in [3.05, 3.63) is 127 Å². The number of terminal acetylenes is 1. The van der Waals surface area contributed by atoms with Gasteiger partial charge in [0.1, 0.15) is 7.85 Å². The summed E-state index contributed by atoms with van der Waals surface area (Å²) in [6.45, 7) is 7.59. The van der Waals surface area contributed by atoms with Crippen LogP contribution in [0.25, 0.3) is 6.08 Å². The van der Waals surface area contributed by atoms with E-state index in [2.05, 4.69) is 106 Å². The summed E-state index contributed by atoms with van der Waals surface area (Å²) < 4.78 is 0. The van der Waals surface area contributed by atoms with Gasteiger partial charge < -0.3 is 5.73 Å². The second-order valence-electron chi connectivity index (χ2n) is 11.9. The Bertz CT molecular complexity index is 1130. The lowest BCUT2D eigenvalue weighted by atomic mass is 9.69. The van der Waals surface area contributed by atoms with Crippen LogP contribution in [0.15, 0.2) is 116 Å². The van der Waals surface area contributed by atoms with Crippen molar-refractivity contribution < 1.29 is 0 Å². The maximum Gasteiger partial charge on any atom is 0.127 e. The third-order valence-corrected chi connectivity index (χ3v) is 8.09. The fourth-order valence-electron chi connectivity index (χ4n) is 5.78. The molecule has 0 bridgehead atoms. The Balaban J connectivity index is 1.73. The third-order valence-electron chi connectivity index (χ3n) is 8.09. The van der Waals surface area contributed by atoms with Gasteiger partial charge in [-0.25, -0.2) is 0 Å². The molecular weight excluding hydrogens is 505 g/mol. The highest BCUT2D eigenvalue weighted by molar-refractivity contribution is 6.15. The fourth-order valence-corrected chi connectivity index (χ4v) is 5.78. The van der Waals surface area contributed by atoms with Gasteiger partial charge in [-0.3, -0.25) is 0 Å². The SMILES string of the molecule is BC(N)(CCCCCCCC1C\C=C/C=C\C=C/1CCC/C=C/c1ccccc1CC#C)CC(/C=C\C=C)/C=C\C=C. The van der Waals surface area contributed by atoms with Gasteiger partial charge in [0.05, 0.1) is 0 Å². The molecule has 1 aromatic rings. The van der Waals surface area contributed by atoms with E-state index in [-0.39, 0.29) is 5.44 Å². The summed E-state index contributed by atoms with van der Waals surface area (Å²) in [6.07, 6.45) is 48.3. The van der Waals surface area contributed by atoms with Crippen LogP contribution in [-0.2, 0) is 6.42 Å². The molecule has 0 saturated carbocycles. The number of hydrogen-bond donors (Lipinski definition) is 1. The van der Waals surface area contributed by atoms with Gasteiger partial charge in [-0.15, -0.1) is 12.3 Å². The summed E-state index contributed by atoms with van der Waals surface area (Å²) in [4.78, 5) is 0. The number of allylic oxidation sites excluding steroid dienone is 13. The predicted molar refractivity (Wildman–Crippen MR) is 191 cm³/mol. The fraction of sp³-hybridized carbons (Fsp3) is 0.400. The van der Waals surface area contributed by atoms with Crippen LogP contribution in [0.4, 0.5) is 0 Å². The quantitative estimate of drug-likeness (QED) is 0.0732. The average Bonchev–Trinajstić information content (AvgIpc) is 2.96. The second kappa shape index (κ2) is 21.4. The molecule has 1 aliphatic carbocycles. The number of nitrogens with two attached hydrogens (primary N) is 1. The van der Waals surface area contributed by atoms with Crippen molar-refractivity contribution >= 4 is 13.9 Å². The minimum Gasteiger partial charge on any atom is -0.332 e. The Labute approximate surface area is 259 Å². The van der Waals surface area contributed by atoms with E-state index in [0.717, 1.165) is 25.7 Å². The summed E-state index contributed by atoms with van der Waals surface area (Å²) in [7, 11) is 2.20. The molecule has 42 heavy (non-hydrogen) atoms. The standard InChI is InChI=1S/C40H54BN/c1-4-7-24-35(25-8-5-2)34-40(41,42)33-22-13-9-10-15-26-38-27-16-11-12-17-28-39(38)30-19-14-18-29-37-32-21-20-31-36(37)23-6-3/h3-5,7-8,11-12,16-18,20-21,24-25,28-29,31-32,35,38H,1-2,9-10,13-15,19,22-23,26-27,30,33-34,41-42H2/b16-11-,17-12-,24-7-,25-8-,29-18+,39-28-. The van der Waals surface area contributed by atoms with Gasteiger partial charge in [-0.2, -0.15) is 0 Å². The summed E-state index contributed by atoms with van der Waals surface area (Å²) in [5, 5.41) is 0. The van der Waals surface area contributed by atoms with Crippen LogP contribution < -0.4 is 5.73 Å². The Morgan fingerprint density at radius 2 is 1.74 bits per heavy atom. The molecule has 0 heterocycles. The van der Waals surface area contributed by atoms with Gasteiger partial charge in [-0.05, 0) is 73.3 Å². The molecule has 1 aromatic carbocycles. The lowest BCUT2D eigenvalue weighted by Crippen LogP contribution is -2.41. The second-order valence-corrected chi connectivity index (χ2v) is 11.9. The lowest BCUT2D eigenvalue weighted by molar-refractivity contribution is 0.438. The van der Waals surface area contributed by atoms with Crippen LogP contribution in [0.5, 0.6) is 0 Å². The van der Waals surface area contributed by atoms with Crippen molar-refractivity contribution in [2.75, 3.05) is 0 Å². The summed E-state index contributed by atoms with van der Waals surface area (Å²) in [5.41, 5.74) is 10.6. The Morgan fingerprint density at radius 1 is 1.00 bits per heavy atom. The molecule has 0 aliphatic heterocycles. The van der Waals surface area contributed by atoms with E-state index in [1.165, 1.54) is 62.5 Å². The van der Waals surface area contributed by atoms with Crippen LogP contribution in [0, 0.1) is 24.2 Å². The van der Waals surface area contributed by atoms with E-state index >= 15 is 0 Å². The van der Waals surface area contributed by atoms with Crippen molar-refractivity contribution in [1.82, 2.24) is 0 Å². The number of rotatable bonds is 20. The average molecular weight is 560 g/mol. The first-order valence-electron chi connectivity index (χ1n) is 16.1. The molecule has 0 saturated heterocycles. The van der Waals surface area contributed by atoms with Crippen LogP contribution >= 0.6 is 0 Å². The Kier molecular flexibility index (Phi) is 17.8. The zero-order valence-corrected chi connectivity index (χ0v) is 26.2. The van der Waals surface area contributed by atoms with Crippen molar-refractivity contribution in [3.63, 3.8) is 0 Å². The van der Waals surface area contributed by atoms with E-state index in [9.17, 15) is 0 Å². The minimum absolute atomic E-state index is 0.166. The van der Waals surface area contributed by atoms with Crippen LogP contribution in [0.1, 0.15) is 88.2 Å². The minimum atomic E-state index is -0.166. The largest absolute Gasteiger partial charge is 0.332 e. The van der Waals surface area contributed by atoms with E-state index in [1.807, 2.05) is 24.3 Å². The van der Waals surface area contributed by atoms with Crippen molar-refractivity contribution in [2.45, 2.75) is 88.9 Å². The highest BCUT2D eigenvalue weighted by Crippen LogP contribution is 2.29. The molecule has 0 amide bonds. The van der Waals surface area contributed by atoms with Gasteiger partial charge >= 0.3 is 0 Å². The van der Waals surface area contributed by atoms with Gasteiger partial charge in [-0.1, -0.05) is 154 Å². The summed E-state index contributed by atoms with van der Waals surface area (Å²) >= 11 is 0. The predicted octanol–water partition coefficient (Wildman–Crippen LogP) is 9.61. The van der Waals surface area contributed by atoms with E-state index in [4.69, 9.17) is 12.2 Å². The van der Waals surface area contributed by atoms with Crippen LogP contribution in [0.2, 0.25) is 0 Å². The van der Waals surface area contributed by atoms with Crippen molar-refractivity contribution in [3.8, 4) is 12.3 Å². The monoisotopic (exact) mass is 559 g/mol. The molecule has 1 aliphatic rings. The number of benzene rings is 1. The molecule has 0 spiro atoms. The van der Waals surface area contributed by atoms with Crippen LogP contribution in [0.3, 0.4) is 0 Å². The van der Waals surface area contributed by atoms with E-state index in [1.54, 1.807) is 5.57 Å². The molecule has 0 fully saturated rings. The zero-order valence-electron chi connectivity index (χ0n) is 26.2. The molecule has 2 heteroatoms. The molecule has 0 radical (unpaired) electrons. The smallest absolute Gasteiger partial charge is 0.127 e.